The molecule has 0 bridgehead atoms. The Morgan fingerprint density at radius 2 is 1.95 bits per heavy atom. The number of piperazine rings is 1. The maximum absolute atomic E-state index is 17.1. The smallest absolute Gasteiger partial charge is 0.319 e. The van der Waals surface area contributed by atoms with Crippen LogP contribution in [0.25, 0.3) is 43.9 Å². The summed E-state index contributed by atoms with van der Waals surface area (Å²) in [6, 6.07) is 9.68. The van der Waals surface area contributed by atoms with Crippen LogP contribution in [0.2, 0.25) is 0 Å². The number of benzene rings is 2. The van der Waals surface area contributed by atoms with Crippen LogP contribution in [0.1, 0.15) is 49.0 Å². The van der Waals surface area contributed by atoms with E-state index in [0.717, 1.165) is 30.5 Å². The number of carbonyl (C=O) groups is 1. The van der Waals surface area contributed by atoms with Crippen LogP contribution < -0.4 is 9.64 Å². The van der Waals surface area contributed by atoms with Gasteiger partial charge >= 0.3 is 6.01 Å². The summed E-state index contributed by atoms with van der Waals surface area (Å²) >= 11 is 0. The molecule has 2 aromatic carbocycles. The number of aryl methyl sites for hydroxylation is 3. The van der Waals surface area contributed by atoms with Gasteiger partial charge in [-0.2, -0.15) is 9.97 Å². The zero-order valence-electron chi connectivity index (χ0n) is 31.6. The minimum Gasteiger partial charge on any atom is -0.461 e. The first-order valence-corrected chi connectivity index (χ1v) is 19.0. The van der Waals surface area contributed by atoms with E-state index in [1.54, 1.807) is 42.2 Å². The van der Waals surface area contributed by atoms with E-state index in [4.69, 9.17) is 16.3 Å². The number of hydrogen-bond donors (Lipinski definition) is 0. The summed E-state index contributed by atoms with van der Waals surface area (Å²) in [5.41, 5.74) is 1.78. The molecule has 0 N–H and O–H groups in total. The number of anilines is 1. The lowest BCUT2D eigenvalue weighted by atomic mass is 9.95. The lowest BCUT2D eigenvalue weighted by Gasteiger charge is -2.39. The minimum absolute atomic E-state index is 0.0118. The number of rotatable bonds is 9. The topological polar surface area (TPSA) is 105 Å². The number of aromatic nitrogens is 5. The summed E-state index contributed by atoms with van der Waals surface area (Å²) in [5.74, 6) is -0.407. The summed E-state index contributed by atoms with van der Waals surface area (Å²) in [5, 5.41) is 1.66. The molecule has 0 spiro atoms. The zero-order chi connectivity index (χ0) is 39.1. The second-order valence-electron chi connectivity index (χ2n) is 14.9. The molecular weight excluding hydrogens is 720 g/mol. The van der Waals surface area contributed by atoms with Crippen molar-refractivity contribution in [1.29, 1.82) is 0 Å². The van der Waals surface area contributed by atoms with E-state index < -0.39 is 23.6 Å². The van der Waals surface area contributed by atoms with Crippen LogP contribution in [0.5, 0.6) is 6.01 Å². The van der Waals surface area contributed by atoms with Crippen LogP contribution >= 0.6 is 0 Å². The Hall–Kier alpha value is -5.68. The first kappa shape index (κ1) is 37.3. The van der Waals surface area contributed by atoms with Gasteiger partial charge in [-0.15, -0.1) is 0 Å². The van der Waals surface area contributed by atoms with Gasteiger partial charge in [-0.3, -0.25) is 14.7 Å². The minimum atomic E-state index is -0.959. The molecule has 0 aliphatic carbocycles. The number of nitrogens with zero attached hydrogens (tertiary/aromatic N) is 9. The number of amides is 1. The molecule has 3 aliphatic heterocycles. The first-order valence-electron chi connectivity index (χ1n) is 19.0. The third-order valence-corrected chi connectivity index (χ3v) is 11.3. The van der Waals surface area contributed by atoms with Crippen molar-refractivity contribution in [3.05, 3.63) is 94.5 Å². The van der Waals surface area contributed by atoms with Gasteiger partial charge in [0.2, 0.25) is 12.5 Å². The van der Waals surface area contributed by atoms with E-state index in [1.807, 2.05) is 24.8 Å². The molecule has 3 aromatic heterocycles. The standard InChI is InChI=1S/C42H42F3N9O2/c1-5-31-34(44)12-10-27-8-6-9-32(36(27)31)38-37(45)39-33(21-47-38)40(51-41(50-39)56-24-42-14-7-15-53(42)22-28(43)19-42)52-16-17-54(30(23-52)20-46-4)35(55)13-11-29-18-25(2)48-26(3)49-29/h6,8-13,18,21,28,30H,5,7,14-17,19-20,22-24H2,1-3H3/b13-11+/t28-,30+,42+/m1/s1. The maximum Gasteiger partial charge on any atom is 0.319 e. The highest BCUT2D eigenvalue weighted by Gasteiger charge is 2.49. The molecule has 3 atom stereocenters. The van der Waals surface area contributed by atoms with E-state index in [-0.39, 0.29) is 55.2 Å². The highest BCUT2D eigenvalue weighted by Crippen LogP contribution is 2.41. The van der Waals surface area contributed by atoms with E-state index in [0.29, 0.717) is 65.2 Å². The lowest BCUT2D eigenvalue weighted by molar-refractivity contribution is -0.128. The van der Waals surface area contributed by atoms with Crippen LogP contribution in [0.3, 0.4) is 0 Å². The van der Waals surface area contributed by atoms with Crippen LogP contribution in [-0.2, 0) is 11.2 Å². The van der Waals surface area contributed by atoms with Gasteiger partial charge in [0.1, 0.15) is 47.5 Å². The second-order valence-corrected chi connectivity index (χ2v) is 14.9. The van der Waals surface area contributed by atoms with Gasteiger partial charge in [-0.05, 0) is 74.2 Å². The summed E-state index contributed by atoms with van der Waals surface area (Å²) in [4.78, 5) is 45.6. The molecular formula is C42H42F3N9O2. The van der Waals surface area contributed by atoms with E-state index in [1.165, 1.54) is 18.3 Å². The quantitative estimate of drug-likeness (QED) is 0.120. The molecule has 14 heteroatoms. The monoisotopic (exact) mass is 761 g/mol. The number of hydrogen-bond acceptors (Lipinski definition) is 9. The molecule has 3 fully saturated rings. The molecule has 8 rings (SSSR count). The number of pyridine rings is 1. The van der Waals surface area contributed by atoms with Crippen molar-refractivity contribution in [2.45, 2.75) is 64.2 Å². The number of ether oxygens (including phenoxy) is 1. The first-order chi connectivity index (χ1) is 27.1. The van der Waals surface area contributed by atoms with Gasteiger partial charge in [0.05, 0.1) is 16.6 Å². The Morgan fingerprint density at radius 1 is 1.09 bits per heavy atom. The Bertz CT molecular complexity index is 2400. The molecule has 5 aromatic rings. The highest BCUT2D eigenvalue weighted by atomic mass is 19.1. The Labute approximate surface area is 323 Å². The number of fused-ring (bicyclic) bond motifs is 3. The number of carbonyl (C=O) groups excluding carboxylic acids is 1. The summed E-state index contributed by atoms with van der Waals surface area (Å²) in [6.07, 6.45) is 6.10. The third-order valence-electron chi connectivity index (χ3n) is 11.3. The SMILES string of the molecule is [C-]#[N+]C[C@H]1CN(c2nc(OC[C@@]34CCCN3C[C@H](F)C4)nc3c(F)c(-c4cccc5ccc(F)c(CC)c45)ncc23)CCN1C(=O)/C=C/c1cc(C)nc(C)n1. The van der Waals surface area contributed by atoms with Crippen LogP contribution in [0, 0.1) is 32.1 Å². The van der Waals surface area contributed by atoms with E-state index >= 15 is 8.78 Å². The van der Waals surface area contributed by atoms with Crippen LogP contribution in [0.15, 0.2) is 48.7 Å². The van der Waals surface area contributed by atoms with Crippen molar-refractivity contribution in [1.82, 2.24) is 34.7 Å². The summed E-state index contributed by atoms with van der Waals surface area (Å²) in [6.45, 7) is 15.3. The zero-order valence-corrected chi connectivity index (χ0v) is 31.6. The summed E-state index contributed by atoms with van der Waals surface area (Å²) in [7, 11) is 0. The van der Waals surface area contributed by atoms with Gasteiger partial charge in [-0.1, -0.05) is 31.2 Å². The molecule has 6 heterocycles. The van der Waals surface area contributed by atoms with Gasteiger partial charge in [-0.25, -0.2) is 29.7 Å². The predicted molar refractivity (Wildman–Crippen MR) is 208 cm³/mol. The van der Waals surface area contributed by atoms with Crippen molar-refractivity contribution >= 4 is 39.5 Å². The number of halogens is 3. The lowest BCUT2D eigenvalue weighted by Crippen LogP contribution is -2.56. The van der Waals surface area contributed by atoms with Gasteiger partial charge in [0, 0.05) is 56.1 Å². The van der Waals surface area contributed by atoms with Gasteiger partial charge in [0.25, 0.3) is 0 Å². The van der Waals surface area contributed by atoms with E-state index in [9.17, 15) is 9.18 Å². The molecule has 3 saturated heterocycles. The Kier molecular flexibility index (Phi) is 10.0. The molecule has 1 amide bonds. The second kappa shape index (κ2) is 15.1. The fraction of sp³-hybridized carbons (Fsp3) is 0.405. The van der Waals surface area contributed by atoms with Crippen molar-refractivity contribution < 1.29 is 22.7 Å². The largest absolute Gasteiger partial charge is 0.461 e. The molecule has 56 heavy (non-hydrogen) atoms. The Balaban J connectivity index is 1.17. The van der Waals surface area contributed by atoms with Crippen molar-refractivity contribution in [3.63, 3.8) is 0 Å². The Morgan fingerprint density at radius 3 is 2.75 bits per heavy atom. The van der Waals surface area contributed by atoms with Gasteiger partial charge < -0.3 is 19.4 Å². The number of alkyl halides is 1. The van der Waals surface area contributed by atoms with Gasteiger partial charge in [0.15, 0.2) is 5.82 Å². The molecule has 11 nitrogen and oxygen atoms in total. The van der Waals surface area contributed by atoms with Crippen LogP contribution in [-0.4, -0.2) is 104 Å². The molecule has 3 aliphatic rings. The third kappa shape index (κ3) is 6.89. The van der Waals surface area contributed by atoms with Crippen LogP contribution in [0.4, 0.5) is 19.0 Å². The molecule has 288 valence electrons. The normalized spacial score (nSPS) is 21.3. The molecule has 0 saturated carbocycles. The molecule has 0 unspecified atom stereocenters. The predicted octanol–water partition coefficient (Wildman–Crippen LogP) is 6.70. The fourth-order valence-corrected chi connectivity index (χ4v) is 8.82. The average Bonchev–Trinajstić information content (AvgIpc) is 3.71. The van der Waals surface area contributed by atoms with Crippen molar-refractivity contribution in [2.24, 2.45) is 0 Å². The maximum atomic E-state index is 17.1. The van der Waals surface area contributed by atoms with Crippen molar-refractivity contribution in [3.8, 4) is 17.3 Å². The average molecular weight is 762 g/mol. The highest BCUT2D eigenvalue weighted by molar-refractivity contribution is 6.01. The fourth-order valence-electron chi connectivity index (χ4n) is 8.82. The summed E-state index contributed by atoms with van der Waals surface area (Å²) < 4.78 is 53.2. The van der Waals surface area contributed by atoms with E-state index in [2.05, 4.69) is 29.7 Å². The molecule has 0 radical (unpaired) electrons. The van der Waals surface area contributed by atoms with Crippen molar-refractivity contribution in [2.75, 3.05) is 50.8 Å².